The predicted molar refractivity (Wildman–Crippen MR) is 72.1 cm³/mol. The van der Waals surface area contributed by atoms with Crippen molar-refractivity contribution in [2.45, 2.75) is 11.8 Å². The standard InChI is InChI=1S/C13H17N3O2S/c1-11-3-4-12(10-14)9-13(11)19(17,18)16-7-5-15(2)6-8-16/h3-4,9H,5-8H2,1-2H3. The van der Waals surface area contributed by atoms with Crippen LogP contribution in [-0.2, 0) is 10.0 Å². The molecule has 6 heteroatoms. The Labute approximate surface area is 114 Å². The lowest BCUT2D eigenvalue weighted by molar-refractivity contribution is 0.222. The zero-order valence-corrected chi connectivity index (χ0v) is 11.9. The second-order valence-corrected chi connectivity index (χ2v) is 6.71. The molecular weight excluding hydrogens is 262 g/mol. The minimum absolute atomic E-state index is 0.246. The van der Waals surface area contributed by atoms with Crippen molar-refractivity contribution in [3.63, 3.8) is 0 Å². The van der Waals surface area contributed by atoms with Gasteiger partial charge in [0.1, 0.15) is 0 Å². The maximum atomic E-state index is 12.6. The summed E-state index contributed by atoms with van der Waals surface area (Å²) in [5.41, 5.74) is 1.05. The molecule has 1 saturated heterocycles. The molecule has 0 N–H and O–H groups in total. The van der Waals surface area contributed by atoms with E-state index in [-0.39, 0.29) is 4.90 Å². The summed E-state index contributed by atoms with van der Waals surface area (Å²) in [7, 11) is -1.52. The SMILES string of the molecule is Cc1ccc(C#N)cc1S(=O)(=O)N1CCN(C)CC1. The molecule has 0 bridgehead atoms. The minimum atomic E-state index is -3.49. The second kappa shape index (κ2) is 5.29. The lowest BCUT2D eigenvalue weighted by Crippen LogP contribution is -2.47. The summed E-state index contributed by atoms with van der Waals surface area (Å²) in [6.07, 6.45) is 0. The van der Waals surface area contributed by atoms with Crippen molar-refractivity contribution in [3.8, 4) is 6.07 Å². The third-order valence-electron chi connectivity index (χ3n) is 3.40. The van der Waals surface area contributed by atoms with Gasteiger partial charge in [-0.25, -0.2) is 8.42 Å². The third-order valence-corrected chi connectivity index (χ3v) is 5.44. The molecular formula is C13H17N3O2S. The van der Waals surface area contributed by atoms with Gasteiger partial charge in [-0.05, 0) is 31.7 Å². The van der Waals surface area contributed by atoms with Crippen LogP contribution in [0.3, 0.4) is 0 Å². The van der Waals surface area contributed by atoms with E-state index in [4.69, 9.17) is 5.26 Å². The van der Waals surface area contributed by atoms with E-state index < -0.39 is 10.0 Å². The summed E-state index contributed by atoms with van der Waals surface area (Å²) < 4.78 is 26.7. The fraction of sp³-hybridized carbons (Fsp3) is 0.462. The molecule has 1 aromatic rings. The summed E-state index contributed by atoms with van der Waals surface area (Å²) in [6, 6.07) is 6.77. The number of hydrogen-bond acceptors (Lipinski definition) is 4. The number of nitrogens with zero attached hydrogens (tertiary/aromatic N) is 3. The van der Waals surface area contributed by atoms with Crippen LogP contribution in [0.5, 0.6) is 0 Å². The van der Waals surface area contributed by atoms with Crippen LogP contribution in [0.2, 0.25) is 0 Å². The quantitative estimate of drug-likeness (QED) is 0.803. The zero-order chi connectivity index (χ0) is 14.0. The van der Waals surface area contributed by atoms with Gasteiger partial charge in [-0.3, -0.25) is 0 Å². The van der Waals surface area contributed by atoms with Crippen LogP contribution in [0, 0.1) is 18.3 Å². The van der Waals surface area contributed by atoms with E-state index in [0.717, 1.165) is 13.1 Å². The fourth-order valence-corrected chi connectivity index (χ4v) is 3.79. The number of rotatable bonds is 2. The van der Waals surface area contributed by atoms with Crippen LogP contribution >= 0.6 is 0 Å². The average Bonchev–Trinajstić information content (AvgIpc) is 2.39. The highest BCUT2D eigenvalue weighted by molar-refractivity contribution is 7.89. The Hall–Kier alpha value is -1.42. The first-order valence-corrected chi connectivity index (χ1v) is 7.58. The van der Waals surface area contributed by atoms with E-state index in [9.17, 15) is 8.42 Å². The van der Waals surface area contributed by atoms with Crippen LogP contribution in [0.25, 0.3) is 0 Å². The molecule has 0 atom stereocenters. The number of sulfonamides is 1. The number of aryl methyl sites for hydroxylation is 1. The highest BCUT2D eigenvalue weighted by atomic mass is 32.2. The van der Waals surface area contributed by atoms with E-state index in [1.165, 1.54) is 10.4 Å². The molecule has 0 radical (unpaired) electrons. The molecule has 0 saturated carbocycles. The summed E-state index contributed by atoms with van der Waals surface area (Å²) >= 11 is 0. The molecule has 2 rings (SSSR count). The number of hydrogen-bond donors (Lipinski definition) is 0. The Morgan fingerprint density at radius 3 is 2.42 bits per heavy atom. The van der Waals surface area contributed by atoms with Gasteiger partial charge in [0, 0.05) is 26.2 Å². The Bertz CT molecular complexity index is 611. The van der Waals surface area contributed by atoms with E-state index in [1.54, 1.807) is 19.1 Å². The Balaban J connectivity index is 2.37. The van der Waals surface area contributed by atoms with Crippen molar-refractivity contribution in [2.24, 2.45) is 0 Å². The molecule has 0 amide bonds. The van der Waals surface area contributed by atoms with Gasteiger partial charge in [0.2, 0.25) is 10.0 Å². The number of piperazine rings is 1. The van der Waals surface area contributed by atoms with Crippen molar-refractivity contribution in [3.05, 3.63) is 29.3 Å². The minimum Gasteiger partial charge on any atom is -0.304 e. The summed E-state index contributed by atoms with van der Waals surface area (Å²) in [6.45, 7) is 4.21. The summed E-state index contributed by atoms with van der Waals surface area (Å²) in [5, 5.41) is 8.90. The van der Waals surface area contributed by atoms with Crippen LogP contribution < -0.4 is 0 Å². The topological polar surface area (TPSA) is 64.4 Å². The van der Waals surface area contributed by atoms with Crippen LogP contribution in [0.15, 0.2) is 23.1 Å². The molecule has 0 aromatic heterocycles. The molecule has 1 heterocycles. The van der Waals surface area contributed by atoms with Crippen LogP contribution in [0.4, 0.5) is 0 Å². The van der Waals surface area contributed by atoms with Gasteiger partial charge >= 0.3 is 0 Å². The molecule has 1 aliphatic rings. The molecule has 1 fully saturated rings. The fourth-order valence-electron chi connectivity index (χ4n) is 2.12. The third kappa shape index (κ3) is 2.78. The van der Waals surface area contributed by atoms with Crippen molar-refractivity contribution >= 4 is 10.0 Å². The smallest absolute Gasteiger partial charge is 0.243 e. The van der Waals surface area contributed by atoms with Crippen LogP contribution in [-0.4, -0.2) is 50.8 Å². The highest BCUT2D eigenvalue weighted by Crippen LogP contribution is 2.22. The summed E-state index contributed by atoms with van der Waals surface area (Å²) in [4.78, 5) is 2.35. The molecule has 1 aromatic carbocycles. The largest absolute Gasteiger partial charge is 0.304 e. The van der Waals surface area contributed by atoms with Crippen molar-refractivity contribution < 1.29 is 8.42 Å². The molecule has 102 valence electrons. The normalized spacial score (nSPS) is 18.2. The Kier molecular flexibility index (Phi) is 3.90. The van der Waals surface area contributed by atoms with E-state index in [2.05, 4.69) is 4.90 Å². The van der Waals surface area contributed by atoms with E-state index in [0.29, 0.717) is 24.2 Å². The predicted octanol–water partition coefficient (Wildman–Crippen LogP) is 0.803. The lowest BCUT2D eigenvalue weighted by Gasteiger charge is -2.31. The maximum Gasteiger partial charge on any atom is 0.243 e. The van der Waals surface area contributed by atoms with Crippen molar-refractivity contribution in [1.29, 1.82) is 5.26 Å². The molecule has 19 heavy (non-hydrogen) atoms. The van der Waals surface area contributed by atoms with Gasteiger partial charge in [0.05, 0.1) is 16.5 Å². The Morgan fingerprint density at radius 1 is 1.21 bits per heavy atom. The molecule has 1 aliphatic heterocycles. The monoisotopic (exact) mass is 279 g/mol. The summed E-state index contributed by atoms with van der Waals surface area (Å²) in [5.74, 6) is 0. The molecule has 0 unspecified atom stereocenters. The zero-order valence-electron chi connectivity index (χ0n) is 11.1. The number of nitriles is 1. The van der Waals surface area contributed by atoms with E-state index in [1.807, 2.05) is 13.1 Å². The first-order chi connectivity index (χ1) is 8.95. The van der Waals surface area contributed by atoms with Crippen molar-refractivity contribution in [1.82, 2.24) is 9.21 Å². The maximum absolute atomic E-state index is 12.6. The van der Waals surface area contributed by atoms with Gasteiger partial charge in [0.15, 0.2) is 0 Å². The second-order valence-electron chi connectivity index (χ2n) is 4.80. The van der Waals surface area contributed by atoms with Gasteiger partial charge in [0.25, 0.3) is 0 Å². The first-order valence-electron chi connectivity index (χ1n) is 6.14. The average molecular weight is 279 g/mol. The number of likely N-dealkylation sites (N-methyl/N-ethyl adjacent to an activating group) is 1. The molecule has 5 nitrogen and oxygen atoms in total. The van der Waals surface area contributed by atoms with Crippen molar-refractivity contribution in [2.75, 3.05) is 33.2 Å². The van der Waals surface area contributed by atoms with Gasteiger partial charge in [-0.2, -0.15) is 9.57 Å². The first kappa shape index (κ1) is 14.0. The van der Waals surface area contributed by atoms with Gasteiger partial charge < -0.3 is 4.90 Å². The van der Waals surface area contributed by atoms with Gasteiger partial charge in [-0.1, -0.05) is 6.07 Å². The highest BCUT2D eigenvalue weighted by Gasteiger charge is 2.28. The molecule has 0 aliphatic carbocycles. The van der Waals surface area contributed by atoms with Gasteiger partial charge in [-0.15, -0.1) is 0 Å². The van der Waals surface area contributed by atoms with E-state index >= 15 is 0 Å². The van der Waals surface area contributed by atoms with Crippen LogP contribution in [0.1, 0.15) is 11.1 Å². The molecule has 0 spiro atoms. The Morgan fingerprint density at radius 2 is 1.84 bits per heavy atom. The number of benzene rings is 1. The lowest BCUT2D eigenvalue weighted by atomic mass is 10.2.